The number of anilines is 3. The second kappa shape index (κ2) is 11.6. The van der Waals surface area contributed by atoms with Gasteiger partial charge in [0.2, 0.25) is 5.95 Å². The van der Waals surface area contributed by atoms with Gasteiger partial charge < -0.3 is 19.9 Å². The normalized spacial score (nSPS) is 25.7. The number of hydrogen-bond donors (Lipinski definition) is 1. The van der Waals surface area contributed by atoms with Crippen molar-refractivity contribution < 1.29 is 4.74 Å². The Kier molecular flexibility index (Phi) is 7.48. The van der Waals surface area contributed by atoms with Crippen molar-refractivity contribution in [2.45, 2.75) is 57.9 Å². The molecule has 0 unspecified atom stereocenters. The van der Waals surface area contributed by atoms with Crippen LogP contribution in [0.25, 0.3) is 22.2 Å². The Bertz CT molecular complexity index is 1830. The summed E-state index contributed by atoms with van der Waals surface area (Å²) in [6, 6.07) is 13.9. The van der Waals surface area contributed by atoms with Crippen LogP contribution >= 0.6 is 11.6 Å². The second-order valence-electron chi connectivity index (χ2n) is 14.2. The Balaban J connectivity index is 1.24. The lowest BCUT2D eigenvalue weighted by molar-refractivity contribution is -0.0426. The zero-order chi connectivity index (χ0) is 31.6. The van der Waals surface area contributed by atoms with E-state index < -0.39 is 0 Å². The van der Waals surface area contributed by atoms with E-state index in [1.807, 2.05) is 50.4 Å². The molecule has 5 fully saturated rings. The van der Waals surface area contributed by atoms with Gasteiger partial charge in [0.1, 0.15) is 11.4 Å². The average Bonchev–Trinajstić information content (AvgIpc) is 3.02. The number of nitrogens with zero attached hydrogens (tertiary/aromatic N) is 5. The highest BCUT2D eigenvalue weighted by atomic mass is 35.5. The number of rotatable bonds is 7. The predicted octanol–water partition coefficient (Wildman–Crippen LogP) is 7.24. The molecular weight excluding hydrogens is 596 g/mol. The molecule has 0 radical (unpaired) electrons. The van der Waals surface area contributed by atoms with Crippen molar-refractivity contribution in [3.8, 4) is 16.9 Å². The van der Waals surface area contributed by atoms with Gasteiger partial charge in [0.05, 0.1) is 23.4 Å². The van der Waals surface area contributed by atoms with Crippen molar-refractivity contribution in [2.24, 2.45) is 17.8 Å². The van der Waals surface area contributed by atoms with Gasteiger partial charge in [-0.15, -0.1) is 0 Å². The van der Waals surface area contributed by atoms with Crippen molar-refractivity contribution in [2.75, 3.05) is 50.1 Å². The van der Waals surface area contributed by atoms with Gasteiger partial charge in [-0.05, 0) is 101 Å². The number of nitrogens with one attached hydrogen (secondary N) is 1. The SMILES string of the molecule is CCOc1cc(Nc2ncc3c(C)c(-c4ccccc4Cl)c(=O)n(C45CC6CC(CC(C6)C4)C5)c3n2)ccc1N1CCN(C)CC1. The fraction of sp³-hybridized carbons (Fsp3) is 0.486. The van der Waals surface area contributed by atoms with Crippen LogP contribution in [0, 0.1) is 24.7 Å². The molecule has 4 bridgehead atoms. The summed E-state index contributed by atoms with van der Waals surface area (Å²) < 4.78 is 8.22. The van der Waals surface area contributed by atoms with E-state index in [2.05, 4.69) is 38.9 Å². The number of halogens is 1. The van der Waals surface area contributed by atoms with Crippen molar-refractivity contribution in [1.29, 1.82) is 0 Å². The number of likely N-dealkylation sites (N-methyl/N-ethyl adjacent to an activating group) is 1. The minimum Gasteiger partial charge on any atom is -0.492 e. The third-order valence-electron chi connectivity index (χ3n) is 11.2. The standard InChI is InChI=1S/C37H43ClN6O2/c1-4-46-32-18-27(9-10-31(32)43-13-11-42(3)12-14-43)40-36-39-22-29-23(2)33(28-7-5-6-8-30(28)38)35(45)44(34(29)41-36)37-19-24-15-25(20-37)17-26(16-24)21-37/h5-10,18,22,24-26H,4,11-17,19-21H2,1-3H3,(H,39,40,41). The number of ether oxygens (including phenoxy) is 1. The highest BCUT2D eigenvalue weighted by Gasteiger charge is 2.53. The lowest BCUT2D eigenvalue weighted by atomic mass is 9.53. The maximum absolute atomic E-state index is 14.9. The molecule has 0 amide bonds. The van der Waals surface area contributed by atoms with Crippen LogP contribution in [0.3, 0.4) is 0 Å². The molecule has 240 valence electrons. The molecule has 4 aliphatic carbocycles. The molecule has 5 aliphatic rings. The summed E-state index contributed by atoms with van der Waals surface area (Å²) in [6.07, 6.45) is 8.89. The van der Waals surface area contributed by atoms with Gasteiger partial charge in [0.15, 0.2) is 0 Å². The number of piperazine rings is 1. The van der Waals surface area contributed by atoms with Gasteiger partial charge in [0, 0.05) is 60.1 Å². The lowest BCUT2D eigenvalue weighted by Crippen LogP contribution is -2.55. The summed E-state index contributed by atoms with van der Waals surface area (Å²) in [5.41, 5.74) is 4.78. The molecule has 2 aromatic carbocycles. The summed E-state index contributed by atoms with van der Waals surface area (Å²) >= 11 is 6.74. The molecule has 0 spiro atoms. The number of aromatic nitrogens is 3. The Morgan fingerprint density at radius 1 is 1.00 bits per heavy atom. The van der Waals surface area contributed by atoms with Crippen molar-refractivity contribution in [3.05, 3.63) is 69.6 Å². The summed E-state index contributed by atoms with van der Waals surface area (Å²) in [6.45, 7) is 8.60. The Morgan fingerprint density at radius 2 is 1.70 bits per heavy atom. The molecule has 9 rings (SSSR count). The zero-order valence-electron chi connectivity index (χ0n) is 27.1. The van der Waals surface area contributed by atoms with Crippen LogP contribution in [0.5, 0.6) is 5.75 Å². The average molecular weight is 639 g/mol. The van der Waals surface area contributed by atoms with E-state index >= 15 is 0 Å². The molecule has 4 aromatic rings. The number of hydrogen-bond acceptors (Lipinski definition) is 7. The molecule has 0 atom stereocenters. The third kappa shape index (κ3) is 5.05. The van der Waals surface area contributed by atoms with Gasteiger partial charge >= 0.3 is 0 Å². The molecule has 1 aliphatic heterocycles. The monoisotopic (exact) mass is 638 g/mol. The largest absolute Gasteiger partial charge is 0.492 e. The van der Waals surface area contributed by atoms with E-state index in [0.29, 0.717) is 40.9 Å². The van der Waals surface area contributed by atoms with Gasteiger partial charge in [-0.2, -0.15) is 4.98 Å². The van der Waals surface area contributed by atoms with Gasteiger partial charge in [-0.3, -0.25) is 9.36 Å². The third-order valence-corrected chi connectivity index (χ3v) is 11.5. The van der Waals surface area contributed by atoms with E-state index in [0.717, 1.165) is 84.7 Å². The summed E-state index contributed by atoms with van der Waals surface area (Å²) in [5, 5.41) is 4.95. The van der Waals surface area contributed by atoms with Crippen LogP contribution < -0.4 is 20.5 Å². The van der Waals surface area contributed by atoms with E-state index in [1.165, 1.54) is 19.3 Å². The van der Waals surface area contributed by atoms with E-state index in [4.69, 9.17) is 26.3 Å². The first kappa shape index (κ1) is 29.8. The van der Waals surface area contributed by atoms with Gasteiger partial charge in [-0.25, -0.2) is 4.98 Å². The van der Waals surface area contributed by atoms with Crippen molar-refractivity contribution >= 4 is 40.0 Å². The molecule has 1 saturated heterocycles. The topological polar surface area (TPSA) is 75.5 Å². The minimum atomic E-state index is -0.230. The quantitative estimate of drug-likeness (QED) is 0.229. The fourth-order valence-electron chi connectivity index (χ4n) is 9.43. The van der Waals surface area contributed by atoms with Gasteiger partial charge in [0.25, 0.3) is 5.56 Å². The van der Waals surface area contributed by atoms with Crippen LogP contribution in [0.1, 0.15) is 51.0 Å². The van der Waals surface area contributed by atoms with E-state index in [-0.39, 0.29) is 11.1 Å². The molecule has 46 heavy (non-hydrogen) atoms. The highest BCUT2D eigenvalue weighted by molar-refractivity contribution is 6.33. The highest BCUT2D eigenvalue weighted by Crippen LogP contribution is 2.59. The van der Waals surface area contributed by atoms with Crippen LogP contribution in [-0.2, 0) is 5.54 Å². The van der Waals surface area contributed by atoms with Crippen LogP contribution in [0.2, 0.25) is 5.02 Å². The molecular formula is C37H43ClN6O2. The molecule has 3 heterocycles. The summed E-state index contributed by atoms with van der Waals surface area (Å²) in [5.74, 6) is 3.35. The Labute approximate surface area is 275 Å². The Morgan fingerprint density at radius 3 is 2.37 bits per heavy atom. The first-order valence-corrected chi connectivity index (χ1v) is 17.3. The van der Waals surface area contributed by atoms with Crippen LogP contribution in [0.15, 0.2) is 53.5 Å². The minimum absolute atomic E-state index is 0.0138. The number of benzene rings is 2. The van der Waals surface area contributed by atoms with Crippen LogP contribution in [0.4, 0.5) is 17.3 Å². The Hall–Kier alpha value is -3.62. The molecule has 4 saturated carbocycles. The van der Waals surface area contributed by atoms with Crippen LogP contribution in [-0.4, -0.2) is 59.3 Å². The fourth-order valence-corrected chi connectivity index (χ4v) is 9.66. The number of pyridine rings is 1. The van der Waals surface area contributed by atoms with E-state index in [1.54, 1.807) is 0 Å². The molecule has 9 heteroatoms. The van der Waals surface area contributed by atoms with Crippen molar-refractivity contribution in [3.63, 3.8) is 0 Å². The zero-order valence-corrected chi connectivity index (χ0v) is 27.8. The summed E-state index contributed by atoms with van der Waals surface area (Å²) in [7, 11) is 2.17. The first-order chi connectivity index (χ1) is 22.3. The molecule has 2 aromatic heterocycles. The number of fused-ring (bicyclic) bond motifs is 1. The predicted molar refractivity (Wildman–Crippen MR) is 186 cm³/mol. The van der Waals surface area contributed by atoms with Gasteiger partial charge in [-0.1, -0.05) is 29.8 Å². The lowest BCUT2D eigenvalue weighted by Gasteiger charge is -2.57. The molecule has 8 nitrogen and oxygen atoms in total. The first-order valence-electron chi connectivity index (χ1n) is 17.0. The maximum atomic E-state index is 14.9. The maximum Gasteiger partial charge on any atom is 0.260 e. The second-order valence-corrected chi connectivity index (χ2v) is 14.6. The van der Waals surface area contributed by atoms with Crippen molar-refractivity contribution in [1.82, 2.24) is 19.4 Å². The number of aryl methyl sites for hydroxylation is 1. The smallest absolute Gasteiger partial charge is 0.260 e. The summed E-state index contributed by atoms with van der Waals surface area (Å²) in [4.78, 5) is 29.6. The van der Waals surface area contributed by atoms with E-state index in [9.17, 15) is 4.79 Å². The molecule has 1 N–H and O–H groups in total.